The molecule has 1 aromatic carbocycles. The van der Waals surface area contributed by atoms with E-state index in [2.05, 4.69) is 15.4 Å². The zero-order chi connectivity index (χ0) is 28.2. The number of nitrogens with one attached hydrogen (secondary N) is 1. The Balaban J connectivity index is 1.42. The number of aromatic nitrogens is 2. The summed E-state index contributed by atoms with van der Waals surface area (Å²) < 4.78 is 68.4. The van der Waals surface area contributed by atoms with Crippen molar-refractivity contribution in [3.05, 3.63) is 65.1 Å². The van der Waals surface area contributed by atoms with Gasteiger partial charge in [-0.15, -0.1) is 0 Å². The number of halogens is 3. The Hall–Kier alpha value is -3.65. The first-order valence-electron chi connectivity index (χ1n) is 12.3. The average molecular weight is 567 g/mol. The molecule has 0 fully saturated rings. The van der Waals surface area contributed by atoms with Gasteiger partial charge in [0.25, 0.3) is 5.91 Å². The molecule has 4 rings (SSSR count). The van der Waals surface area contributed by atoms with Crippen LogP contribution in [0.1, 0.15) is 40.7 Å². The summed E-state index contributed by atoms with van der Waals surface area (Å²) >= 11 is 0. The van der Waals surface area contributed by atoms with Crippen LogP contribution in [0.15, 0.2) is 47.7 Å². The zero-order valence-electron chi connectivity index (χ0n) is 21.5. The quantitative estimate of drug-likeness (QED) is 0.377. The molecule has 1 aliphatic rings. The van der Waals surface area contributed by atoms with Gasteiger partial charge in [0.1, 0.15) is 17.7 Å². The van der Waals surface area contributed by atoms with Crippen molar-refractivity contribution in [3.63, 3.8) is 0 Å². The molecule has 3 aromatic rings. The van der Waals surface area contributed by atoms with Crippen LogP contribution in [-0.2, 0) is 34.1 Å². The number of hydrogen-bond donors (Lipinski definition) is 1. The number of pyridine rings is 1. The van der Waals surface area contributed by atoms with Gasteiger partial charge in [-0.25, -0.2) is 9.29 Å². The van der Waals surface area contributed by atoms with Crippen molar-refractivity contribution in [1.82, 2.24) is 19.0 Å². The summed E-state index contributed by atoms with van der Waals surface area (Å²) in [6, 6.07) is 10.8. The normalized spacial score (nSPS) is 14.3. The van der Waals surface area contributed by atoms with E-state index in [1.807, 2.05) is 29.7 Å². The van der Waals surface area contributed by atoms with Crippen molar-refractivity contribution >= 4 is 33.6 Å². The smallest absolute Gasteiger partial charge is 0.385 e. The highest BCUT2D eigenvalue weighted by molar-refractivity contribution is 7.90. The summed E-state index contributed by atoms with van der Waals surface area (Å²) in [6.07, 6.45) is 4.86. The van der Waals surface area contributed by atoms with Gasteiger partial charge in [0.2, 0.25) is 0 Å². The van der Waals surface area contributed by atoms with Crippen LogP contribution in [0.3, 0.4) is 0 Å². The van der Waals surface area contributed by atoms with Crippen LogP contribution in [0, 0.1) is 0 Å². The highest BCUT2D eigenvalue weighted by atomic mass is 32.2. The van der Waals surface area contributed by atoms with E-state index in [-0.39, 0.29) is 23.3 Å². The molecule has 10 nitrogen and oxygen atoms in total. The first-order chi connectivity index (χ1) is 18.5. The number of anilines is 1. The number of ether oxygens (including phenoxy) is 1. The lowest BCUT2D eigenvalue weighted by Crippen LogP contribution is -2.46. The molecule has 0 saturated heterocycles. The van der Waals surface area contributed by atoms with E-state index in [1.54, 1.807) is 31.4 Å². The summed E-state index contributed by atoms with van der Waals surface area (Å²) in [5.41, 5.74) is -1.08. The molecule has 210 valence electrons. The van der Waals surface area contributed by atoms with Gasteiger partial charge in [-0.3, -0.25) is 14.2 Å². The van der Waals surface area contributed by atoms with Gasteiger partial charge in [-0.05, 0) is 48.6 Å². The van der Waals surface area contributed by atoms with Crippen molar-refractivity contribution < 1.29 is 31.1 Å². The molecule has 1 N–H and O–H groups in total. The third-order valence-electron chi connectivity index (χ3n) is 6.26. The molecule has 0 aliphatic carbocycles. The third kappa shape index (κ3) is 6.17. The number of methoxy groups -OCH3 is 1. The first-order valence-corrected chi connectivity index (χ1v) is 13.7. The second kappa shape index (κ2) is 11.6. The minimum Gasteiger partial charge on any atom is -0.385 e. The Morgan fingerprint density at radius 1 is 1.10 bits per heavy atom. The molecule has 2 aromatic heterocycles. The van der Waals surface area contributed by atoms with Gasteiger partial charge in [0.05, 0.1) is 24.5 Å². The maximum absolute atomic E-state index is 13.2. The third-order valence-corrected chi connectivity index (χ3v) is 7.74. The van der Waals surface area contributed by atoms with E-state index in [0.717, 1.165) is 24.0 Å². The monoisotopic (exact) mass is 566 g/mol. The summed E-state index contributed by atoms with van der Waals surface area (Å²) in [5.74, 6) is -0.260. The lowest BCUT2D eigenvalue weighted by molar-refractivity contribution is -0.0471. The summed E-state index contributed by atoms with van der Waals surface area (Å²) in [7, 11) is -3.81. The second-order valence-corrected chi connectivity index (χ2v) is 10.8. The predicted octanol–water partition coefficient (Wildman–Crippen LogP) is 3.32. The van der Waals surface area contributed by atoms with E-state index >= 15 is 0 Å². The van der Waals surface area contributed by atoms with Crippen LogP contribution in [0.4, 0.5) is 18.9 Å². The molecule has 14 heteroatoms. The topological polar surface area (TPSA) is 109 Å². The molecule has 0 bridgehead atoms. The fraction of sp³-hybridized carbons (Fsp3) is 0.400. The summed E-state index contributed by atoms with van der Waals surface area (Å²) in [5, 5.41) is 8.18. The number of rotatable bonds is 10. The van der Waals surface area contributed by atoms with E-state index in [9.17, 15) is 26.4 Å². The van der Waals surface area contributed by atoms with Crippen LogP contribution in [0.5, 0.6) is 0 Å². The number of benzene rings is 1. The van der Waals surface area contributed by atoms with E-state index in [0.29, 0.717) is 42.1 Å². The standard InChI is InChI=1S/C25H29F3N6O4S/c1-3-21-23(33-16-19(5-4-14-38-2)8-11-22(33)31-21)24(35)29-15-18-6-9-20(10-7-18)34-13-12-32(17-30-34)39(36,37)25(26,27)28/h6-11,16-17H,3-5,12-15H2,1-2H3,(H,29,35). The Kier molecular flexibility index (Phi) is 8.45. The number of hydrazone groups is 1. The largest absolute Gasteiger partial charge is 0.516 e. The molecule has 0 saturated carbocycles. The molecule has 0 unspecified atom stereocenters. The van der Waals surface area contributed by atoms with Crippen LogP contribution in [-0.4, -0.2) is 66.7 Å². The van der Waals surface area contributed by atoms with Crippen molar-refractivity contribution in [1.29, 1.82) is 0 Å². The number of aryl methyl sites for hydroxylation is 2. The number of carbonyl (C=O) groups is 1. The molecule has 0 atom stereocenters. The highest BCUT2D eigenvalue weighted by Gasteiger charge is 2.50. The lowest BCUT2D eigenvalue weighted by atomic mass is 10.1. The molecule has 0 radical (unpaired) electrons. The summed E-state index contributed by atoms with van der Waals surface area (Å²) in [6.45, 7) is 2.39. The summed E-state index contributed by atoms with van der Waals surface area (Å²) in [4.78, 5) is 17.8. The SMILES string of the molecule is CCc1nc2ccc(CCCOC)cn2c1C(=O)NCc1ccc(N2CCN(S(=O)(=O)C(F)(F)F)C=N2)cc1. The van der Waals surface area contributed by atoms with Crippen molar-refractivity contribution in [2.45, 2.75) is 38.2 Å². The number of imidazole rings is 1. The van der Waals surface area contributed by atoms with Crippen LogP contribution in [0.25, 0.3) is 5.65 Å². The van der Waals surface area contributed by atoms with Crippen molar-refractivity contribution in [2.24, 2.45) is 5.10 Å². The van der Waals surface area contributed by atoms with Gasteiger partial charge in [0.15, 0.2) is 0 Å². The molecular weight excluding hydrogens is 537 g/mol. The van der Waals surface area contributed by atoms with E-state index in [4.69, 9.17) is 4.74 Å². The first kappa shape index (κ1) is 28.4. The minimum atomic E-state index is -5.47. The zero-order valence-corrected chi connectivity index (χ0v) is 22.3. The minimum absolute atomic E-state index is 0.0522. The van der Waals surface area contributed by atoms with Gasteiger partial charge in [-0.2, -0.15) is 26.7 Å². The van der Waals surface area contributed by atoms with E-state index in [1.165, 1.54) is 5.01 Å². The van der Waals surface area contributed by atoms with Gasteiger partial charge < -0.3 is 10.1 Å². The maximum atomic E-state index is 13.2. The Labute approximate surface area is 224 Å². The number of hydrogen-bond acceptors (Lipinski definition) is 7. The Bertz CT molecular complexity index is 1450. The van der Waals surface area contributed by atoms with Crippen LogP contribution >= 0.6 is 0 Å². The number of alkyl halides is 3. The Morgan fingerprint density at radius 3 is 2.44 bits per heavy atom. The highest BCUT2D eigenvalue weighted by Crippen LogP contribution is 2.27. The maximum Gasteiger partial charge on any atom is 0.516 e. The number of nitrogens with zero attached hydrogens (tertiary/aromatic N) is 5. The number of carbonyl (C=O) groups excluding carboxylic acids is 1. The van der Waals surface area contributed by atoms with Crippen LogP contribution < -0.4 is 10.3 Å². The Morgan fingerprint density at radius 2 is 1.82 bits per heavy atom. The predicted molar refractivity (Wildman–Crippen MR) is 140 cm³/mol. The molecule has 0 spiro atoms. The molecule has 1 aliphatic heterocycles. The fourth-order valence-corrected chi connectivity index (χ4v) is 4.94. The molecule has 3 heterocycles. The van der Waals surface area contributed by atoms with E-state index < -0.39 is 22.1 Å². The molecular formula is C25H29F3N6O4S. The second-order valence-electron chi connectivity index (χ2n) is 8.89. The lowest BCUT2D eigenvalue weighted by Gasteiger charge is -2.29. The van der Waals surface area contributed by atoms with Crippen molar-refractivity contribution in [3.8, 4) is 0 Å². The van der Waals surface area contributed by atoms with Crippen LogP contribution in [0.2, 0.25) is 0 Å². The number of amides is 1. The molecule has 39 heavy (non-hydrogen) atoms. The van der Waals surface area contributed by atoms with Gasteiger partial charge in [-0.1, -0.05) is 25.1 Å². The molecule has 1 amide bonds. The average Bonchev–Trinajstić information content (AvgIpc) is 3.30. The fourth-order valence-electron chi connectivity index (χ4n) is 4.18. The van der Waals surface area contributed by atoms with Crippen molar-refractivity contribution in [2.75, 3.05) is 31.8 Å². The number of fused-ring (bicyclic) bond motifs is 1. The number of sulfonamides is 1. The van der Waals surface area contributed by atoms with Gasteiger partial charge >= 0.3 is 15.5 Å². The van der Waals surface area contributed by atoms with Gasteiger partial charge in [0, 0.05) is 26.5 Å².